The van der Waals surface area contributed by atoms with Gasteiger partial charge < -0.3 is 5.32 Å². The minimum absolute atomic E-state index is 0.187. The highest BCUT2D eigenvalue weighted by Crippen LogP contribution is 2.13. The van der Waals surface area contributed by atoms with Crippen molar-refractivity contribution in [2.24, 2.45) is 7.05 Å². The van der Waals surface area contributed by atoms with E-state index in [2.05, 4.69) is 10.4 Å². The van der Waals surface area contributed by atoms with Gasteiger partial charge in [-0.05, 0) is 30.7 Å². The molecule has 1 aromatic carbocycles. The first kappa shape index (κ1) is 12.3. The molecule has 0 spiro atoms. The molecule has 0 saturated carbocycles. The van der Waals surface area contributed by atoms with Gasteiger partial charge in [0.05, 0.1) is 6.04 Å². The van der Waals surface area contributed by atoms with Crippen LogP contribution in [-0.4, -0.2) is 15.7 Å². The van der Waals surface area contributed by atoms with Gasteiger partial charge in [0, 0.05) is 13.2 Å². The predicted octanol–water partition coefficient (Wildman–Crippen LogP) is 2.05. The van der Waals surface area contributed by atoms with Crippen molar-refractivity contribution >= 4 is 5.91 Å². The van der Waals surface area contributed by atoms with Crippen molar-refractivity contribution in [1.29, 1.82) is 0 Å². The molecule has 0 fully saturated rings. The van der Waals surface area contributed by atoms with Gasteiger partial charge in [0.15, 0.2) is 0 Å². The molecule has 0 aliphatic heterocycles. The molecular formula is C13H14FN3O. The number of carbonyl (C=O) groups excluding carboxylic acids is 1. The Hall–Kier alpha value is -2.17. The van der Waals surface area contributed by atoms with E-state index in [4.69, 9.17) is 0 Å². The first-order chi connectivity index (χ1) is 8.58. The number of carbonyl (C=O) groups is 1. The summed E-state index contributed by atoms with van der Waals surface area (Å²) in [6, 6.07) is 7.53. The highest BCUT2D eigenvalue weighted by Gasteiger charge is 2.13. The normalized spacial score (nSPS) is 12.2. The van der Waals surface area contributed by atoms with E-state index in [1.54, 1.807) is 31.4 Å². The van der Waals surface area contributed by atoms with Crippen LogP contribution in [0.5, 0.6) is 0 Å². The van der Waals surface area contributed by atoms with Gasteiger partial charge >= 0.3 is 0 Å². The average molecular weight is 247 g/mol. The van der Waals surface area contributed by atoms with Crippen LogP contribution >= 0.6 is 0 Å². The van der Waals surface area contributed by atoms with Gasteiger partial charge in [-0.25, -0.2) is 4.39 Å². The van der Waals surface area contributed by atoms with E-state index in [9.17, 15) is 9.18 Å². The Balaban J connectivity index is 2.08. The number of benzene rings is 1. The second-order valence-electron chi connectivity index (χ2n) is 4.09. The molecule has 1 atom stereocenters. The fourth-order valence-corrected chi connectivity index (χ4v) is 1.70. The Bertz CT molecular complexity index is 548. The third-order valence-electron chi connectivity index (χ3n) is 2.77. The van der Waals surface area contributed by atoms with E-state index in [-0.39, 0.29) is 17.8 Å². The lowest BCUT2D eigenvalue weighted by atomic mass is 10.1. The number of aromatic nitrogens is 2. The Morgan fingerprint density at radius 3 is 2.56 bits per heavy atom. The summed E-state index contributed by atoms with van der Waals surface area (Å²) in [5, 5.41) is 6.77. The summed E-state index contributed by atoms with van der Waals surface area (Å²) in [5.74, 6) is -0.490. The SMILES string of the molecule is C[C@@H](NC(=O)c1ccnn1C)c1ccc(F)cc1. The van der Waals surface area contributed by atoms with Gasteiger partial charge in [-0.3, -0.25) is 9.48 Å². The molecule has 0 saturated heterocycles. The molecule has 1 amide bonds. The van der Waals surface area contributed by atoms with E-state index in [0.717, 1.165) is 5.56 Å². The summed E-state index contributed by atoms with van der Waals surface area (Å²) in [7, 11) is 1.71. The third-order valence-corrected chi connectivity index (χ3v) is 2.77. The number of hydrogen-bond donors (Lipinski definition) is 1. The lowest BCUT2D eigenvalue weighted by molar-refractivity contribution is 0.0930. The number of nitrogens with zero attached hydrogens (tertiary/aromatic N) is 2. The Labute approximate surface area is 104 Å². The number of hydrogen-bond acceptors (Lipinski definition) is 2. The number of amides is 1. The van der Waals surface area contributed by atoms with Crippen LogP contribution in [0.15, 0.2) is 36.5 Å². The van der Waals surface area contributed by atoms with E-state index in [0.29, 0.717) is 5.69 Å². The van der Waals surface area contributed by atoms with Crippen LogP contribution in [0.1, 0.15) is 29.0 Å². The standard InChI is InChI=1S/C13H14FN3O/c1-9(10-3-5-11(14)6-4-10)16-13(18)12-7-8-15-17(12)2/h3-9H,1-2H3,(H,16,18)/t9-/m1/s1. The Morgan fingerprint density at radius 1 is 1.33 bits per heavy atom. The molecule has 1 N–H and O–H groups in total. The molecule has 0 aliphatic rings. The zero-order chi connectivity index (χ0) is 13.1. The van der Waals surface area contributed by atoms with Crippen molar-refractivity contribution in [3.05, 3.63) is 53.6 Å². The number of halogens is 1. The number of nitrogens with one attached hydrogen (secondary N) is 1. The van der Waals surface area contributed by atoms with Crippen molar-refractivity contribution in [3.63, 3.8) is 0 Å². The molecule has 1 heterocycles. The second kappa shape index (κ2) is 5.00. The van der Waals surface area contributed by atoms with Crippen molar-refractivity contribution in [3.8, 4) is 0 Å². The van der Waals surface area contributed by atoms with Gasteiger partial charge in [-0.2, -0.15) is 5.10 Å². The molecular weight excluding hydrogens is 233 g/mol. The molecule has 0 aliphatic carbocycles. The minimum Gasteiger partial charge on any atom is -0.344 e. The molecule has 4 nitrogen and oxygen atoms in total. The smallest absolute Gasteiger partial charge is 0.270 e. The Kier molecular flexibility index (Phi) is 3.41. The lowest BCUT2D eigenvalue weighted by Gasteiger charge is -2.14. The summed E-state index contributed by atoms with van der Waals surface area (Å²) < 4.78 is 14.3. The molecule has 5 heteroatoms. The van der Waals surface area contributed by atoms with Crippen LogP contribution in [0.4, 0.5) is 4.39 Å². The van der Waals surface area contributed by atoms with E-state index in [1.807, 2.05) is 6.92 Å². The maximum absolute atomic E-state index is 12.8. The van der Waals surface area contributed by atoms with Crippen LogP contribution in [0.25, 0.3) is 0 Å². The fraction of sp³-hybridized carbons (Fsp3) is 0.231. The summed E-state index contributed by atoms with van der Waals surface area (Å²) in [6.07, 6.45) is 1.57. The highest BCUT2D eigenvalue weighted by molar-refractivity contribution is 5.92. The summed E-state index contributed by atoms with van der Waals surface area (Å²) in [5.41, 5.74) is 1.34. The van der Waals surface area contributed by atoms with Gasteiger partial charge in [-0.1, -0.05) is 12.1 Å². The lowest BCUT2D eigenvalue weighted by Crippen LogP contribution is -2.28. The van der Waals surface area contributed by atoms with Crippen molar-refractivity contribution in [1.82, 2.24) is 15.1 Å². The summed E-state index contributed by atoms with van der Waals surface area (Å²) in [6.45, 7) is 1.85. The predicted molar refractivity (Wildman–Crippen MR) is 65.5 cm³/mol. The maximum Gasteiger partial charge on any atom is 0.270 e. The zero-order valence-electron chi connectivity index (χ0n) is 10.2. The monoisotopic (exact) mass is 247 g/mol. The van der Waals surface area contributed by atoms with Crippen LogP contribution in [-0.2, 0) is 7.05 Å². The van der Waals surface area contributed by atoms with Crippen molar-refractivity contribution in [2.75, 3.05) is 0 Å². The maximum atomic E-state index is 12.8. The molecule has 2 aromatic rings. The fourth-order valence-electron chi connectivity index (χ4n) is 1.70. The molecule has 1 aromatic heterocycles. The van der Waals surface area contributed by atoms with Crippen LogP contribution < -0.4 is 5.32 Å². The van der Waals surface area contributed by atoms with Crippen LogP contribution in [0, 0.1) is 5.82 Å². The van der Waals surface area contributed by atoms with Crippen molar-refractivity contribution < 1.29 is 9.18 Å². The summed E-state index contributed by atoms with van der Waals surface area (Å²) >= 11 is 0. The largest absolute Gasteiger partial charge is 0.344 e. The molecule has 18 heavy (non-hydrogen) atoms. The van der Waals surface area contributed by atoms with E-state index >= 15 is 0 Å². The quantitative estimate of drug-likeness (QED) is 0.902. The highest BCUT2D eigenvalue weighted by atomic mass is 19.1. The first-order valence-corrected chi connectivity index (χ1v) is 5.62. The minimum atomic E-state index is -0.288. The summed E-state index contributed by atoms with van der Waals surface area (Å²) in [4.78, 5) is 11.9. The second-order valence-corrected chi connectivity index (χ2v) is 4.09. The number of rotatable bonds is 3. The molecule has 2 rings (SSSR count). The van der Waals surface area contributed by atoms with Gasteiger partial charge in [-0.15, -0.1) is 0 Å². The average Bonchev–Trinajstić information content (AvgIpc) is 2.76. The van der Waals surface area contributed by atoms with E-state index in [1.165, 1.54) is 16.8 Å². The van der Waals surface area contributed by atoms with Gasteiger partial charge in [0.25, 0.3) is 5.91 Å². The number of aryl methyl sites for hydroxylation is 1. The molecule has 0 bridgehead atoms. The molecule has 0 unspecified atom stereocenters. The van der Waals surface area contributed by atoms with Crippen molar-refractivity contribution in [2.45, 2.75) is 13.0 Å². The third kappa shape index (κ3) is 2.56. The molecule has 0 radical (unpaired) electrons. The van der Waals surface area contributed by atoms with Crippen LogP contribution in [0.2, 0.25) is 0 Å². The molecule has 94 valence electrons. The zero-order valence-corrected chi connectivity index (χ0v) is 10.2. The van der Waals surface area contributed by atoms with Gasteiger partial charge in [0.2, 0.25) is 0 Å². The topological polar surface area (TPSA) is 46.9 Å². The van der Waals surface area contributed by atoms with Crippen LogP contribution in [0.3, 0.4) is 0 Å². The Morgan fingerprint density at radius 2 is 2.00 bits per heavy atom. The first-order valence-electron chi connectivity index (χ1n) is 5.62. The van der Waals surface area contributed by atoms with E-state index < -0.39 is 0 Å². The van der Waals surface area contributed by atoms with Gasteiger partial charge in [0.1, 0.15) is 11.5 Å².